The molecule has 6 heteroatoms. The molecule has 1 N–H and O–H groups in total. The second-order valence-electron chi connectivity index (χ2n) is 11.1. The number of amides is 2. The molecule has 170 valence electrons. The summed E-state index contributed by atoms with van der Waals surface area (Å²) in [5, 5.41) is 3.34. The van der Waals surface area contributed by atoms with Crippen LogP contribution in [-0.4, -0.2) is 77.4 Å². The number of carbonyl (C=O) groups is 2. The number of benzene rings is 1. The highest BCUT2D eigenvalue weighted by Gasteiger charge is 2.49. The highest BCUT2D eigenvalue weighted by Crippen LogP contribution is 2.34. The van der Waals surface area contributed by atoms with Crippen molar-refractivity contribution in [3.05, 3.63) is 35.9 Å². The number of hydrogen-bond acceptors (Lipinski definition) is 4. The topological polar surface area (TPSA) is 55.9 Å². The van der Waals surface area contributed by atoms with Gasteiger partial charge in [0.2, 0.25) is 11.8 Å². The van der Waals surface area contributed by atoms with E-state index in [2.05, 4.69) is 67.2 Å². The summed E-state index contributed by atoms with van der Waals surface area (Å²) in [5.41, 5.74) is 1.13. The zero-order valence-corrected chi connectivity index (χ0v) is 19.6. The lowest BCUT2D eigenvalue weighted by Crippen LogP contribution is -2.56. The number of likely N-dealkylation sites (N-methyl/N-ethyl adjacent to an activating group) is 1. The predicted octanol–water partition coefficient (Wildman–Crippen LogP) is 2.49. The van der Waals surface area contributed by atoms with E-state index in [4.69, 9.17) is 0 Å². The molecular formula is C25H38N4O2. The number of piperidine rings is 1. The summed E-state index contributed by atoms with van der Waals surface area (Å²) in [6, 6.07) is 10.4. The molecule has 0 aliphatic carbocycles. The van der Waals surface area contributed by atoms with E-state index < -0.39 is 0 Å². The maximum atomic E-state index is 13.2. The van der Waals surface area contributed by atoms with Gasteiger partial charge < -0.3 is 15.1 Å². The van der Waals surface area contributed by atoms with Crippen LogP contribution in [0.25, 0.3) is 0 Å². The van der Waals surface area contributed by atoms with Gasteiger partial charge in [0.25, 0.3) is 0 Å². The van der Waals surface area contributed by atoms with Crippen LogP contribution in [0.1, 0.15) is 52.0 Å². The van der Waals surface area contributed by atoms with Gasteiger partial charge in [-0.2, -0.15) is 0 Å². The van der Waals surface area contributed by atoms with E-state index in [9.17, 15) is 9.59 Å². The van der Waals surface area contributed by atoms with Gasteiger partial charge in [-0.15, -0.1) is 0 Å². The largest absolute Gasteiger partial charge is 0.348 e. The van der Waals surface area contributed by atoms with Crippen molar-refractivity contribution < 1.29 is 9.59 Å². The molecule has 31 heavy (non-hydrogen) atoms. The van der Waals surface area contributed by atoms with Crippen molar-refractivity contribution in [3.8, 4) is 0 Å². The van der Waals surface area contributed by atoms with Gasteiger partial charge in [0.1, 0.15) is 6.04 Å². The van der Waals surface area contributed by atoms with Crippen LogP contribution in [0.15, 0.2) is 30.3 Å². The molecule has 6 nitrogen and oxygen atoms in total. The van der Waals surface area contributed by atoms with Crippen molar-refractivity contribution in [2.24, 2.45) is 5.41 Å². The Hall–Kier alpha value is -1.92. The summed E-state index contributed by atoms with van der Waals surface area (Å²) < 4.78 is 0. The van der Waals surface area contributed by atoms with Crippen LogP contribution in [0, 0.1) is 5.41 Å². The Kier molecular flexibility index (Phi) is 6.14. The Balaban J connectivity index is 1.38. The minimum atomic E-state index is -0.376. The molecule has 0 radical (unpaired) electrons. The molecule has 2 atom stereocenters. The van der Waals surface area contributed by atoms with Gasteiger partial charge in [-0.25, -0.2) is 0 Å². The molecule has 0 bridgehead atoms. The number of carbonyl (C=O) groups excluding carboxylic acids is 2. The lowest BCUT2D eigenvalue weighted by atomic mass is 9.84. The first kappa shape index (κ1) is 22.3. The van der Waals surface area contributed by atoms with Crippen molar-refractivity contribution >= 4 is 11.8 Å². The highest BCUT2D eigenvalue weighted by molar-refractivity contribution is 5.92. The smallest absolute Gasteiger partial charge is 0.243 e. The molecule has 1 aromatic rings. The molecule has 4 rings (SSSR count). The van der Waals surface area contributed by atoms with E-state index in [0.29, 0.717) is 13.0 Å². The molecule has 0 aromatic heterocycles. The second kappa shape index (κ2) is 8.55. The van der Waals surface area contributed by atoms with Crippen LogP contribution >= 0.6 is 0 Å². The van der Waals surface area contributed by atoms with E-state index in [0.717, 1.165) is 45.4 Å². The van der Waals surface area contributed by atoms with Crippen LogP contribution in [0.5, 0.6) is 0 Å². The normalized spacial score (nSPS) is 26.8. The monoisotopic (exact) mass is 426 g/mol. The molecule has 1 aromatic carbocycles. The predicted molar refractivity (Wildman–Crippen MR) is 122 cm³/mol. The second-order valence-corrected chi connectivity index (χ2v) is 11.1. The van der Waals surface area contributed by atoms with Crippen molar-refractivity contribution in [3.63, 3.8) is 0 Å². The number of nitrogens with zero attached hydrogens (tertiary/aromatic N) is 3. The molecule has 3 aliphatic rings. The zero-order valence-electron chi connectivity index (χ0n) is 19.6. The Bertz CT molecular complexity index is 767. The van der Waals surface area contributed by atoms with Gasteiger partial charge in [-0.1, -0.05) is 51.1 Å². The first-order valence-electron chi connectivity index (χ1n) is 11.7. The van der Waals surface area contributed by atoms with Crippen LogP contribution in [0.4, 0.5) is 0 Å². The van der Waals surface area contributed by atoms with Crippen LogP contribution < -0.4 is 5.32 Å². The summed E-state index contributed by atoms with van der Waals surface area (Å²) in [5.74, 6) is 0.195. The zero-order chi connectivity index (χ0) is 22.2. The highest BCUT2D eigenvalue weighted by atomic mass is 16.2. The third-order valence-electron chi connectivity index (χ3n) is 7.19. The maximum Gasteiger partial charge on any atom is 0.243 e. The van der Waals surface area contributed by atoms with Gasteiger partial charge >= 0.3 is 0 Å². The summed E-state index contributed by atoms with van der Waals surface area (Å²) in [6.07, 6.45) is 2.85. The number of hydrogen-bond donors (Lipinski definition) is 1. The van der Waals surface area contributed by atoms with Gasteiger partial charge in [0, 0.05) is 38.8 Å². The first-order valence-corrected chi connectivity index (χ1v) is 11.7. The fourth-order valence-corrected chi connectivity index (χ4v) is 5.60. The minimum Gasteiger partial charge on any atom is -0.348 e. The van der Waals surface area contributed by atoms with Crippen molar-refractivity contribution in [2.45, 2.75) is 70.6 Å². The summed E-state index contributed by atoms with van der Waals surface area (Å²) >= 11 is 0. The SMILES string of the molecule is CN(CC(C)(C)C)[C@H]1C[C@H]2C(=O)NC3(CCN(Cc4ccccc4)CC3)CC(=O)N2C1. The Labute approximate surface area is 187 Å². The molecule has 3 saturated heterocycles. The third-order valence-corrected chi connectivity index (χ3v) is 7.19. The van der Waals surface area contributed by atoms with Crippen LogP contribution in [-0.2, 0) is 16.1 Å². The van der Waals surface area contributed by atoms with E-state index in [1.165, 1.54) is 5.56 Å². The Morgan fingerprint density at radius 3 is 2.45 bits per heavy atom. The van der Waals surface area contributed by atoms with E-state index in [-0.39, 0.29) is 34.9 Å². The summed E-state index contributed by atoms with van der Waals surface area (Å²) in [4.78, 5) is 33.1. The van der Waals surface area contributed by atoms with E-state index >= 15 is 0 Å². The van der Waals surface area contributed by atoms with Crippen molar-refractivity contribution in [2.75, 3.05) is 33.2 Å². The summed E-state index contributed by atoms with van der Waals surface area (Å²) in [6.45, 7) is 11.0. The Morgan fingerprint density at radius 1 is 1.13 bits per heavy atom. The fourth-order valence-electron chi connectivity index (χ4n) is 5.60. The van der Waals surface area contributed by atoms with Gasteiger partial charge in [0.05, 0.1) is 12.0 Å². The van der Waals surface area contributed by atoms with Crippen LogP contribution in [0.3, 0.4) is 0 Å². The van der Waals surface area contributed by atoms with Crippen molar-refractivity contribution in [1.82, 2.24) is 20.0 Å². The van der Waals surface area contributed by atoms with Crippen molar-refractivity contribution in [1.29, 1.82) is 0 Å². The fraction of sp³-hybridized carbons (Fsp3) is 0.680. The molecule has 3 heterocycles. The summed E-state index contributed by atoms with van der Waals surface area (Å²) in [7, 11) is 2.12. The molecule has 3 aliphatic heterocycles. The lowest BCUT2D eigenvalue weighted by Gasteiger charge is -2.41. The Morgan fingerprint density at radius 2 is 1.81 bits per heavy atom. The van der Waals surface area contributed by atoms with Gasteiger partial charge in [0.15, 0.2) is 0 Å². The maximum absolute atomic E-state index is 13.2. The average Bonchev–Trinajstić information content (AvgIpc) is 3.12. The first-order chi connectivity index (χ1) is 14.6. The van der Waals surface area contributed by atoms with Gasteiger partial charge in [-0.3, -0.25) is 14.5 Å². The number of nitrogens with one attached hydrogen (secondary N) is 1. The lowest BCUT2D eigenvalue weighted by molar-refractivity contribution is -0.135. The number of fused-ring (bicyclic) bond motifs is 1. The standard InChI is InChI=1S/C25H38N4O2/c1-24(2,3)18-27(4)20-14-21-23(31)26-25(15-22(30)29(21)17-20)10-12-28(13-11-25)16-19-8-6-5-7-9-19/h5-9,20-21H,10-18H2,1-4H3,(H,26,31)/t20-,21-/m0/s1. The number of likely N-dealkylation sites (tertiary alicyclic amines) is 1. The quantitative estimate of drug-likeness (QED) is 0.804. The van der Waals surface area contributed by atoms with Crippen LogP contribution in [0.2, 0.25) is 0 Å². The van der Waals surface area contributed by atoms with E-state index in [1.54, 1.807) is 0 Å². The molecule has 2 amide bonds. The molecule has 0 unspecified atom stereocenters. The number of rotatable bonds is 4. The minimum absolute atomic E-state index is 0.0500. The molecule has 3 fully saturated rings. The third kappa shape index (κ3) is 5.12. The molecule has 1 spiro atoms. The molecule has 0 saturated carbocycles. The van der Waals surface area contributed by atoms with E-state index in [1.807, 2.05) is 11.0 Å². The van der Waals surface area contributed by atoms with Gasteiger partial charge in [-0.05, 0) is 37.3 Å². The average molecular weight is 427 g/mol. The molecular weight excluding hydrogens is 388 g/mol.